The second kappa shape index (κ2) is 7.88. The second-order valence-corrected chi connectivity index (χ2v) is 6.90. The van der Waals surface area contributed by atoms with E-state index >= 15 is 0 Å². The summed E-state index contributed by atoms with van der Waals surface area (Å²) in [6.45, 7) is 3.82. The molecule has 5 heteroatoms. The molecule has 1 unspecified atom stereocenters. The van der Waals surface area contributed by atoms with Gasteiger partial charge in [0, 0.05) is 43.2 Å². The first kappa shape index (κ1) is 17.2. The topological polar surface area (TPSA) is 43.8 Å². The molecule has 0 bridgehead atoms. The van der Waals surface area contributed by atoms with Gasteiger partial charge in [-0.1, -0.05) is 0 Å². The molecule has 1 heterocycles. The fourth-order valence-electron chi connectivity index (χ4n) is 2.70. The lowest BCUT2D eigenvalue weighted by atomic mass is 10.1. The van der Waals surface area contributed by atoms with Crippen LogP contribution >= 0.6 is 11.8 Å². The third kappa shape index (κ3) is 4.17. The summed E-state index contributed by atoms with van der Waals surface area (Å²) in [7, 11) is 1.86. The molecule has 0 spiro atoms. The van der Waals surface area contributed by atoms with E-state index in [0.29, 0.717) is 0 Å². The van der Waals surface area contributed by atoms with Gasteiger partial charge in [0.25, 0.3) is 5.91 Å². The summed E-state index contributed by atoms with van der Waals surface area (Å²) in [5, 5.41) is 9.57. The summed E-state index contributed by atoms with van der Waals surface area (Å²) >= 11 is 1.75. The molecule has 1 atom stereocenters. The molecular weight excluding hydrogens is 296 g/mol. The largest absolute Gasteiger partial charge is 0.393 e. The summed E-state index contributed by atoms with van der Waals surface area (Å²) in [6, 6.07) is 8.07. The Balaban J connectivity index is 2.00. The summed E-state index contributed by atoms with van der Waals surface area (Å²) in [4.78, 5) is 16.5. The first-order valence-electron chi connectivity index (χ1n) is 7.82. The summed E-state index contributed by atoms with van der Waals surface area (Å²) < 4.78 is 0. The van der Waals surface area contributed by atoms with Gasteiger partial charge in [-0.15, -0.1) is 0 Å². The number of aliphatic hydroxyl groups excluding tert-OH is 1. The normalized spacial score (nSPS) is 17.4. The molecule has 0 aliphatic carbocycles. The summed E-state index contributed by atoms with van der Waals surface area (Å²) in [5.74, 6) is 1.01. The minimum atomic E-state index is -0.163. The number of hydrogen-bond acceptors (Lipinski definition) is 4. The number of nitrogens with zero attached hydrogens (tertiary/aromatic N) is 2. The average Bonchev–Trinajstić information content (AvgIpc) is 2.54. The third-order valence-corrected chi connectivity index (χ3v) is 5.15. The maximum Gasteiger partial charge on any atom is 0.253 e. The number of anilines is 1. The predicted octanol–water partition coefficient (Wildman–Crippen LogP) is 2.47. The van der Waals surface area contributed by atoms with Crippen molar-refractivity contribution in [1.29, 1.82) is 0 Å². The number of aliphatic hydroxyl groups is 1. The highest BCUT2D eigenvalue weighted by Gasteiger charge is 2.19. The molecule has 0 radical (unpaired) electrons. The molecule has 1 aliphatic heterocycles. The fraction of sp³-hybridized carbons (Fsp3) is 0.588. The van der Waals surface area contributed by atoms with Gasteiger partial charge in [-0.25, -0.2) is 0 Å². The van der Waals surface area contributed by atoms with Crippen LogP contribution in [0.5, 0.6) is 0 Å². The number of hydrogen-bond donors (Lipinski definition) is 1. The van der Waals surface area contributed by atoms with E-state index < -0.39 is 0 Å². The molecule has 2 rings (SSSR count). The fourth-order valence-corrected chi connectivity index (χ4v) is 3.40. The lowest BCUT2D eigenvalue weighted by molar-refractivity contribution is 0.0757. The van der Waals surface area contributed by atoms with Gasteiger partial charge in [-0.2, -0.15) is 11.8 Å². The molecule has 22 heavy (non-hydrogen) atoms. The number of carbonyl (C=O) groups excluding carboxylic acids is 1. The highest BCUT2D eigenvalue weighted by atomic mass is 32.2. The minimum absolute atomic E-state index is 0.0715. The van der Waals surface area contributed by atoms with E-state index in [1.54, 1.807) is 11.8 Å². The Bertz CT molecular complexity index is 484. The summed E-state index contributed by atoms with van der Waals surface area (Å²) in [6.07, 6.45) is 3.52. The van der Waals surface area contributed by atoms with Crippen molar-refractivity contribution < 1.29 is 9.90 Å². The van der Waals surface area contributed by atoms with E-state index in [2.05, 4.69) is 18.1 Å². The summed E-state index contributed by atoms with van der Waals surface area (Å²) in [5.41, 5.74) is 1.86. The van der Waals surface area contributed by atoms with Crippen molar-refractivity contribution in [2.45, 2.75) is 31.9 Å². The van der Waals surface area contributed by atoms with Gasteiger partial charge in [-0.3, -0.25) is 4.79 Å². The van der Waals surface area contributed by atoms with E-state index in [1.807, 2.05) is 36.2 Å². The molecule has 0 saturated carbocycles. The lowest BCUT2D eigenvalue weighted by Gasteiger charge is -2.31. The van der Waals surface area contributed by atoms with Crippen LogP contribution in [0.25, 0.3) is 0 Å². The highest BCUT2D eigenvalue weighted by Crippen LogP contribution is 2.21. The van der Waals surface area contributed by atoms with Gasteiger partial charge in [0.1, 0.15) is 0 Å². The molecule has 0 aromatic heterocycles. The molecule has 4 nitrogen and oxygen atoms in total. The van der Waals surface area contributed by atoms with Crippen LogP contribution in [0.2, 0.25) is 0 Å². The van der Waals surface area contributed by atoms with Crippen LogP contribution in [0.1, 0.15) is 30.1 Å². The number of thioether (sulfide) groups is 1. The second-order valence-electron chi connectivity index (χ2n) is 5.99. The number of carbonyl (C=O) groups is 1. The smallest absolute Gasteiger partial charge is 0.253 e. The molecule has 1 saturated heterocycles. The number of amides is 1. The van der Waals surface area contributed by atoms with Crippen molar-refractivity contribution in [3.8, 4) is 0 Å². The van der Waals surface area contributed by atoms with Crippen LogP contribution in [0.15, 0.2) is 24.3 Å². The van der Waals surface area contributed by atoms with Crippen LogP contribution in [-0.4, -0.2) is 60.2 Å². The van der Waals surface area contributed by atoms with Crippen LogP contribution in [0.3, 0.4) is 0 Å². The number of piperidine rings is 1. The Morgan fingerprint density at radius 1 is 1.36 bits per heavy atom. The molecule has 122 valence electrons. The van der Waals surface area contributed by atoms with Crippen molar-refractivity contribution >= 4 is 23.4 Å². The van der Waals surface area contributed by atoms with Gasteiger partial charge in [0.2, 0.25) is 0 Å². The van der Waals surface area contributed by atoms with E-state index in [0.717, 1.165) is 42.9 Å². The molecule has 1 aromatic rings. The maximum atomic E-state index is 12.5. The van der Waals surface area contributed by atoms with Gasteiger partial charge in [0.05, 0.1) is 6.10 Å². The van der Waals surface area contributed by atoms with Crippen LogP contribution < -0.4 is 4.90 Å². The SMILES string of the molecule is CSCC(C)N(C)C(=O)c1ccc(N2CCC(O)CC2)cc1. The van der Waals surface area contributed by atoms with Crippen LogP contribution in [0, 0.1) is 0 Å². The Kier molecular flexibility index (Phi) is 6.15. The maximum absolute atomic E-state index is 12.5. The van der Waals surface area contributed by atoms with Crippen molar-refractivity contribution in [1.82, 2.24) is 4.90 Å². The third-order valence-electron chi connectivity index (χ3n) is 4.33. The number of rotatable bonds is 5. The Morgan fingerprint density at radius 2 is 1.95 bits per heavy atom. The molecule has 1 aliphatic rings. The monoisotopic (exact) mass is 322 g/mol. The Morgan fingerprint density at radius 3 is 2.50 bits per heavy atom. The van der Waals surface area contributed by atoms with E-state index in [9.17, 15) is 9.90 Å². The Hall–Kier alpha value is -1.20. The number of benzene rings is 1. The van der Waals surface area contributed by atoms with Crippen molar-refractivity contribution in [3.05, 3.63) is 29.8 Å². The minimum Gasteiger partial charge on any atom is -0.393 e. The van der Waals surface area contributed by atoms with Crippen LogP contribution in [-0.2, 0) is 0 Å². The first-order chi connectivity index (χ1) is 10.5. The standard InChI is InChI=1S/C17H26N2O2S/c1-13(12-22-3)18(2)17(21)14-4-6-15(7-5-14)19-10-8-16(20)9-11-19/h4-7,13,16,20H,8-12H2,1-3H3. The zero-order valence-corrected chi connectivity index (χ0v) is 14.5. The van der Waals surface area contributed by atoms with Crippen LogP contribution in [0.4, 0.5) is 5.69 Å². The highest BCUT2D eigenvalue weighted by molar-refractivity contribution is 7.98. The van der Waals surface area contributed by atoms with Crippen molar-refractivity contribution in [3.63, 3.8) is 0 Å². The van der Waals surface area contributed by atoms with Gasteiger partial charge in [-0.05, 0) is 50.3 Å². The Labute approximate surface area is 137 Å². The molecule has 1 amide bonds. The van der Waals surface area contributed by atoms with Crippen molar-refractivity contribution in [2.75, 3.05) is 37.0 Å². The zero-order valence-electron chi connectivity index (χ0n) is 13.7. The molecule has 1 fully saturated rings. The lowest BCUT2D eigenvalue weighted by Crippen LogP contribution is -2.37. The predicted molar refractivity (Wildman–Crippen MR) is 93.8 cm³/mol. The zero-order chi connectivity index (χ0) is 16.1. The quantitative estimate of drug-likeness (QED) is 0.904. The first-order valence-corrected chi connectivity index (χ1v) is 9.21. The van der Waals surface area contributed by atoms with Crippen molar-refractivity contribution in [2.24, 2.45) is 0 Å². The van der Waals surface area contributed by atoms with Gasteiger partial charge < -0.3 is 14.9 Å². The van der Waals surface area contributed by atoms with E-state index in [1.165, 1.54) is 0 Å². The molecule has 1 aromatic carbocycles. The molecule has 1 N–H and O–H groups in total. The van der Waals surface area contributed by atoms with E-state index in [4.69, 9.17) is 0 Å². The molecular formula is C17H26N2O2S. The van der Waals surface area contributed by atoms with Gasteiger partial charge >= 0.3 is 0 Å². The van der Waals surface area contributed by atoms with Gasteiger partial charge in [0.15, 0.2) is 0 Å². The van der Waals surface area contributed by atoms with E-state index in [-0.39, 0.29) is 18.1 Å². The average molecular weight is 322 g/mol.